The number of amides is 2. The maximum absolute atomic E-state index is 15.2. The van der Waals surface area contributed by atoms with Crippen molar-refractivity contribution in [1.29, 1.82) is 0 Å². The van der Waals surface area contributed by atoms with E-state index in [1.165, 1.54) is 42.6 Å². The molecular weight excluding hydrogens is 640 g/mol. The molecule has 4 aromatic rings. The van der Waals surface area contributed by atoms with Gasteiger partial charge in [-0.1, -0.05) is 0 Å². The van der Waals surface area contributed by atoms with Gasteiger partial charge in [0, 0.05) is 41.5 Å². The van der Waals surface area contributed by atoms with Gasteiger partial charge in [-0.15, -0.1) is 0 Å². The molecule has 0 radical (unpaired) electrons. The number of hydrogen-bond acceptors (Lipinski definition) is 7. The van der Waals surface area contributed by atoms with Crippen molar-refractivity contribution < 1.29 is 42.5 Å². The monoisotopic (exact) mass is 675 g/mol. The summed E-state index contributed by atoms with van der Waals surface area (Å²) in [5, 5.41) is 14.6. The fourth-order valence-electron chi connectivity index (χ4n) is 4.83. The van der Waals surface area contributed by atoms with Crippen molar-refractivity contribution in [2.24, 2.45) is 5.41 Å². The summed E-state index contributed by atoms with van der Waals surface area (Å²) < 4.78 is 46.1. The standard InChI is InChI=1S/C34H33F2N3O7.Ca.2H/c1-2-44-29-19-24-26(20-30(29)45-17-5-3-4-6-31(40)41)37-16-13-27(24)46-28-12-11-23(18-25(28)36)39-33(43)34(14-15-34)32(42)38-22-9-7-21(35)8-10-22;;;/h7-13,16,18-20H,2-6,14-15,17H2,1H3,(H,38,42)(H,39,43)(H,40,41);;;. The molecule has 0 saturated heterocycles. The van der Waals surface area contributed by atoms with E-state index in [-0.39, 0.29) is 55.6 Å². The number of anilines is 2. The molecule has 1 heterocycles. The van der Waals surface area contributed by atoms with E-state index in [2.05, 4.69) is 15.6 Å². The molecule has 1 aliphatic carbocycles. The molecule has 3 aromatic carbocycles. The number of rotatable bonds is 15. The van der Waals surface area contributed by atoms with Crippen molar-refractivity contribution in [3.8, 4) is 23.0 Å². The Labute approximate surface area is 299 Å². The Morgan fingerprint density at radius 3 is 2.17 bits per heavy atom. The zero-order chi connectivity index (χ0) is 32.7. The summed E-state index contributed by atoms with van der Waals surface area (Å²) in [6.45, 7) is 2.57. The number of aliphatic carboxylic acids is 1. The van der Waals surface area contributed by atoms with Gasteiger partial charge in [-0.05, 0) is 87.6 Å². The number of benzene rings is 3. The number of carbonyl (C=O) groups is 3. The normalized spacial score (nSPS) is 12.8. The molecule has 1 saturated carbocycles. The van der Waals surface area contributed by atoms with Gasteiger partial charge < -0.3 is 30.0 Å². The van der Waals surface area contributed by atoms with Gasteiger partial charge in [0.2, 0.25) is 11.8 Å². The molecular formula is C34H35CaF2N3O7. The molecule has 244 valence electrons. The number of aromatic nitrogens is 1. The molecule has 0 unspecified atom stereocenters. The van der Waals surface area contributed by atoms with Crippen LogP contribution in [-0.4, -0.2) is 78.8 Å². The molecule has 47 heavy (non-hydrogen) atoms. The molecule has 2 amide bonds. The van der Waals surface area contributed by atoms with E-state index in [9.17, 15) is 18.8 Å². The van der Waals surface area contributed by atoms with E-state index < -0.39 is 34.8 Å². The molecule has 5 rings (SSSR count). The van der Waals surface area contributed by atoms with Crippen LogP contribution in [0.2, 0.25) is 0 Å². The van der Waals surface area contributed by atoms with Crippen LogP contribution in [-0.2, 0) is 14.4 Å². The molecule has 1 aliphatic rings. The van der Waals surface area contributed by atoms with Crippen LogP contribution < -0.4 is 24.8 Å². The van der Waals surface area contributed by atoms with Gasteiger partial charge >= 0.3 is 43.7 Å². The molecule has 1 fully saturated rings. The average molecular weight is 676 g/mol. The third kappa shape index (κ3) is 9.09. The Morgan fingerprint density at radius 1 is 0.830 bits per heavy atom. The molecule has 0 atom stereocenters. The fraction of sp³-hybridized carbons (Fsp3) is 0.294. The van der Waals surface area contributed by atoms with Gasteiger partial charge in [0.15, 0.2) is 23.1 Å². The molecule has 1 aromatic heterocycles. The first kappa shape index (κ1) is 35.8. The Morgan fingerprint density at radius 2 is 1.51 bits per heavy atom. The maximum atomic E-state index is 15.2. The number of ether oxygens (including phenoxy) is 3. The first-order chi connectivity index (χ1) is 22.2. The Kier molecular flexibility index (Phi) is 12.4. The summed E-state index contributed by atoms with van der Waals surface area (Å²) in [6, 6.07) is 14.2. The number of pyridine rings is 1. The van der Waals surface area contributed by atoms with Gasteiger partial charge in [0.1, 0.15) is 17.0 Å². The number of unbranched alkanes of at least 4 members (excludes halogenated alkanes) is 2. The van der Waals surface area contributed by atoms with Gasteiger partial charge in [0.25, 0.3) is 0 Å². The van der Waals surface area contributed by atoms with E-state index in [4.69, 9.17) is 19.3 Å². The quantitative estimate of drug-likeness (QED) is 0.0774. The molecule has 13 heteroatoms. The van der Waals surface area contributed by atoms with Gasteiger partial charge in [-0.25, -0.2) is 8.78 Å². The van der Waals surface area contributed by atoms with E-state index in [0.29, 0.717) is 79.2 Å². The number of carbonyl (C=O) groups excluding carboxylic acids is 2. The molecule has 0 aliphatic heterocycles. The van der Waals surface area contributed by atoms with Crippen molar-refractivity contribution in [2.75, 3.05) is 23.8 Å². The first-order valence-corrected chi connectivity index (χ1v) is 14.9. The number of nitrogens with zero attached hydrogens (tertiary/aromatic N) is 1. The SMILES string of the molecule is CCOc1cc2c(Oc3ccc(NC(=O)C4(C(=O)Nc5ccc(F)cc5)CC4)cc3F)ccnc2cc1OCCCCCC(=O)O.[CaH2]. The topological polar surface area (TPSA) is 136 Å². The summed E-state index contributed by atoms with van der Waals surface area (Å²) in [5.41, 5.74) is -0.251. The van der Waals surface area contributed by atoms with Gasteiger partial charge in [-0.2, -0.15) is 0 Å². The van der Waals surface area contributed by atoms with Crippen molar-refractivity contribution in [3.63, 3.8) is 0 Å². The zero-order valence-electron chi connectivity index (χ0n) is 25.1. The minimum absolute atomic E-state index is 0. The molecule has 10 nitrogen and oxygen atoms in total. The molecule has 3 N–H and O–H groups in total. The van der Waals surface area contributed by atoms with E-state index >= 15 is 4.39 Å². The Balaban J connectivity index is 0.00000500. The number of hydrogen-bond donors (Lipinski definition) is 3. The van der Waals surface area contributed by atoms with Crippen molar-refractivity contribution >= 4 is 77.8 Å². The summed E-state index contributed by atoms with van der Waals surface area (Å²) in [7, 11) is 0. The van der Waals surface area contributed by atoms with Crippen LogP contribution in [0.25, 0.3) is 10.9 Å². The Bertz CT molecular complexity index is 1750. The van der Waals surface area contributed by atoms with Crippen LogP contribution in [0.3, 0.4) is 0 Å². The predicted molar refractivity (Wildman–Crippen MR) is 175 cm³/mol. The number of halogens is 2. The zero-order valence-corrected chi connectivity index (χ0v) is 25.1. The minimum atomic E-state index is -1.29. The number of nitrogens with one attached hydrogen (secondary N) is 2. The van der Waals surface area contributed by atoms with E-state index in [1.54, 1.807) is 18.2 Å². The van der Waals surface area contributed by atoms with Crippen LogP contribution in [0.1, 0.15) is 45.4 Å². The molecule has 0 spiro atoms. The van der Waals surface area contributed by atoms with Gasteiger partial charge in [0.05, 0.1) is 18.7 Å². The van der Waals surface area contributed by atoms with Crippen molar-refractivity contribution in [3.05, 3.63) is 78.5 Å². The second-order valence-electron chi connectivity index (χ2n) is 10.9. The predicted octanol–water partition coefficient (Wildman–Crippen LogP) is 6.17. The summed E-state index contributed by atoms with van der Waals surface area (Å²) in [4.78, 5) is 41.0. The summed E-state index contributed by atoms with van der Waals surface area (Å²) in [5.74, 6) is -1.95. The van der Waals surface area contributed by atoms with E-state index in [1.807, 2.05) is 6.92 Å². The van der Waals surface area contributed by atoms with E-state index in [0.717, 1.165) is 6.07 Å². The average Bonchev–Trinajstić information content (AvgIpc) is 3.84. The summed E-state index contributed by atoms with van der Waals surface area (Å²) >= 11 is 0. The van der Waals surface area contributed by atoms with Crippen molar-refractivity contribution in [1.82, 2.24) is 4.98 Å². The fourth-order valence-corrected chi connectivity index (χ4v) is 4.83. The van der Waals surface area contributed by atoms with Crippen LogP contribution in [0.4, 0.5) is 20.2 Å². The van der Waals surface area contributed by atoms with Crippen LogP contribution in [0.5, 0.6) is 23.0 Å². The number of fused-ring (bicyclic) bond motifs is 1. The Hall–Kier alpha value is -4.00. The number of carboxylic acids is 1. The second-order valence-corrected chi connectivity index (χ2v) is 10.9. The van der Waals surface area contributed by atoms with Crippen LogP contribution in [0.15, 0.2) is 66.9 Å². The third-order valence-electron chi connectivity index (χ3n) is 7.49. The van der Waals surface area contributed by atoms with Crippen molar-refractivity contribution in [2.45, 2.75) is 45.4 Å². The second kappa shape index (κ2) is 16.2. The van der Waals surface area contributed by atoms with Crippen LogP contribution >= 0.6 is 0 Å². The molecule has 0 bridgehead atoms. The number of carboxylic acid groups (broad SMARTS) is 1. The van der Waals surface area contributed by atoms with Gasteiger partial charge in [-0.3, -0.25) is 19.4 Å². The third-order valence-corrected chi connectivity index (χ3v) is 7.49. The first-order valence-electron chi connectivity index (χ1n) is 14.9. The summed E-state index contributed by atoms with van der Waals surface area (Å²) in [6.07, 6.45) is 4.24. The van der Waals surface area contributed by atoms with Crippen LogP contribution in [0, 0.1) is 17.0 Å².